The molecular formula is C13H19NO4. The number of carbonyl (C=O) groups is 1. The smallest absolute Gasteiger partial charge is 0.305 e. The summed E-state index contributed by atoms with van der Waals surface area (Å²) in [5.41, 5.74) is 7.60. The van der Waals surface area contributed by atoms with Crippen LogP contribution in [0.2, 0.25) is 0 Å². The molecule has 3 N–H and O–H groups in total. The van der Waals surface area contributed by atoms with Crippen molar-refractivity contribution in [1.29, 1.82) is 0 Å². The number of rotatable bonds is 6. The maximum absolute atomic E-state index is 10.7. The Bertz CT molecular complexity index is 431. The lowest BCUT2D eigenvalue weighted by atomic mass is 9.99. The predicted molar refractivity (Wildman–Crippen MR) is 68.1 cm³/mol. The van der Waals surface area contributed by atoms with Crippen LogP contribution in [0.3, 0.4) is 0 Å². The van der Waals surface area contributed by atoms with E-state index in [0.717, 1.165) is 12.0 Å². The highest BCUT2D eigenvalue weighted by Crippen LogP contribution is 2.36. The van der Waals surface area contributed by atoms with Crippen LogP contribution in [0.5, 0.6) is 11.5 Å². The van der Waals surface area contributed by atoms with E-state index in [4.69, 9.17) is 20.3 Å². The summed E-state index contributed by atoms with van der Waals surface area (Å²) in [6, 6.07) is 3.13. The van der Waals surface area contributed by atoms with Crippen molar-refractivity contribution < 1.29 is 19.4 Å². The predicted octanol–water partition coefficient (Wildman–Crippen LogP) is 1.74. The quantitative estimate of drug-likeness (QED) is 0.807. The zero-order valence-corrected chi connectivity index (χ0v) is 10.9. The third kappa shape index (κ3) is 3.13. The van der Waals surface area contributed by atoms with Gasteiger partial charge in [0.25, 0.3) is 0 Å². The second-order valence-electron chi connectivity index (χ2n) is 3.98. The van der Waals surface area contributed by atoms with Crippen LogP contribution in [0, 0.1) is 0 Å². The lowest BCUT2D eigenvalue weighted by Crippen LogP contribution is -2.16. The number of methoxy groups -OCH3 is 2. The van der Waals surface area contributed by atoms with Gasteiger partial charge in [-0.15, -0.1) is 0 Å². The van der Waals surface area contributed by atoms with Crippen LogP contribution in [0.1, 0.15) is 30.5 Å². The monoisotopic (exact) mass is 253 g/mol. The van der Waals surface area contributed by atoms with Crippen LogP contribution in [0.25, 0.3) is 0 Å². The molecule has 0 saturated carbocycles. The number of hydrogen-bond donors (Lipinski definition) is 2. The Morgan fingerprint density at radius 3 is 2.50 bits per heavy atom. The van der Waals surface area contributed by atoms with E-state index in [0.29, 0.717) is 17.1 Å². The summed E-state index contributed by atoms with van der Waals surface area (Å²) >= 11 is 0. The van der Waals surface area contributed by atoms with Crippen LogP contribution in [-0.4, -0.2) is 25.3 Å². The van der Waals surface area contributed by atoms with Crippen LogP contribution in [-0.2, 0) is 11.2 Å². The maximum Gasteiger partial charge on any atom is 0.305 e. The first-order valence-electron chi connectivity index (χ1n) is 5.75. The first-order chi connectivity index (χ1) is 8.53. The van der Waals surface area contributed by atoms with Gasteiger partial charge in [-0.05, 0) is 18.1 Å². The molecule has 0 aliphatic rings. The first-order valence-corrected chi connectivity index (χ1v) is 5.75. The fraction of sp³-hybridized carbons (Fsp3) is 0.462. The molecule has 0 aromatic heterocycles. The van der Waals surface area contributed by atoms with Gasteiger partial charge in [0, 0.05) is 11.6 Å². The second kappa shape index (κ2) is 6.26. The molecule has 0 radical (unpaired) electrons. The molecule has 0 aliphatic carbocycles. The van der Waals surface area contributed by atoms with E-state index in [-0.39, 0.29) is 6.42 Å². The van der Waals surface area contributed by atoms with Crippen molar-refractivity contribution in [3.63, 3.8) is 0 Å². The van der Waals surface area contributed by atoms with Gasteiger partial charge in [0.2, 0.25) is 0 Å². The number of aliphatic carboxylic acids is 1. The molecule has 1 aromatic rings. The Kier molecular flexibility index (Phi) is 4.97. The third-order valence-corrected chi connectivity index (χ3v) is 2.77. The summed E-state index contributed by atoms with van der Waals surface area (Å²) in [6.45, 7) is 2.01. The average molecular weight is 253 g/mol. The third-order valence-electron chi connectivity index (χ3n) is 2.77. The van der Waals surface area contributed by atoms with Crippen LogP contribution in [0.4, 0.5) is 0 Å². The minimum atomic E-state index is -0.939. The van der Waals surface area contributed by atoms with E-state index in [1.165, 1.54) is 7.11 Å². The average Bonchev–Trinajstić information content (AvgIpc) is 2.35. The molecule has 0 aliphatic heterocycles. The van der Waals surface area contributed by atoms with Crippen molar-refractivity contribution in [3.8, 4) is 11.5 Å². The Balaban J connectivity index is 3.25. The van der Waals surface area contributed by atoms with Crippen molar-refractivity contribution in [3.05, 3.63) is 23.3 Å². The molecule has 0 bridgehead atoms. The van der Waals surface area contributed by atoms with Gasteiger partial charge in [-0.3, -0.25) is 4.79 Å². The Hall–Kier alpha value is -1.75. The molecule has 0 fully saturated rings. The Morgan fingerprint density at radius 2 is 2.06 bits per heavy atom. The minimum Gasteiger partial charge on any atom is -0.493 e. The van der Waals surface area contributed by atoms with Gasteiger partial charge in [0.1, 0.15) is 0 Å². The topological polar surface area (TPSA) is 81.8 Å². The van der Waals surface area contributed by atoms with Gasteiger partial charge in [0.15, 0.2) is 11.5 Å². The fourth-order valence-electron chi connectivity index (χ4n) is 1.83. The normalized spacial score (nSPS) is 12.0. The van der Waals surface area contributed by atoms with Crippen molar-refractivity contribution in [2.75, 3.05) is 14.2 Å². The van der Waals surface area contributed by atoms with Crippen molar-refractivity contribution in [1.82, 2.24) is 0 Å². The number of ether oxygens (including phenoxy) is 2. The number of carboxylic acid groups (broad SMARTS) is 1. The van der Waals surface area contributed by atoms with Crippen molar-refractivity contribution >= 4 is 5.97 Å². The summed E-state index contributed by atoms with van der Waals surface area (Å²) in [6.07, 6.45) is 0.666. The zero-order chi connectivity index (χ0) is 13.7. The standard InChI is InChI=1S/C13H19NO4/c1-4-8-5-9(10(14)7-12(15)16)13(18-3)11(6-8)17-2/h5-6,10H,4,7,14H2,1-3H3,(H,15,16). The molecule has 0 heterocycles. The van der Waals surface area contributed by atoms with E-state index in [1.807, 2.05) is 19.1 Å². The molecule has 100 valence electrons. The molecular weight excluding hydrogens is 234 g/mol. The lowest BCUT2D eigenvalue weighted by Gasteiger charge is -2.18. The summed E-state index contributed by atoms with van der Waals surface area (Å²) in [4.78, 5) is 10.7. The molecule has 18 heavy (non-hydrogen) atoms. The van der Waals surface area contributed by atoms with Crippen LogP contribution >= 0.6 is 0 Å². The SMILES string of the molecule is CCc1cc(OC)c(OC)c(C(N)CC(=O)O)c1. The maximum atomic E-state index is 10.7. The first kappa shape index (κ1) is 14.3. The number of aryl methyl sites for hydroxylation is 1. The van der Waals surface area contributed by atoms with E-state index < -0.39 is 12.0 Å². The molecule has 1 atom stereocenters. The number of carboxylic acids is 1. The number of hydrogen-bond acceptors (Lipinski definition) is 4. The van der Waals surface area contributed by atoms with Crippen molar-refractivity contribution in [2.24, 2.45) is 5.73 Å². The molecule has 0 spiro atoms. The zero-order valence-electron chi connectivity index (χ0n) is 10.9. The second-order valence-corrected chi connectivity index (χ2v) is 3.98. The lowest BCUT2D eigenvalue weighted by molar-refractivity contribution is -0.137. The molecule has 1 unspecified atom stereocenters. The summed E-state index contributed by atoms with van der Waals surface area (Å²) in [7, 11) is 3.06. The van der Waals surface area contributed by atoms with E-state index in [2.05, 4.69) is 0 Å². The van der Waals surface area contributed by atoms with Gasteiger partial charge in [-0.1, -0.05) is 13.0 Å². The van der Waals surface area contributed by atoms with Gasteiger partial charge < -0.3 is 20.3 Å². The summed E-state index contributed by atoms with van der Waals surface area (Å²) in [5.74, 6) is 0.140. The van der Waals surface area contributed by atoms with Gasteiger partial charge >= 0.3 is 5.97 Å². The van der Waals surface area contributed by atoms with E-state index >= 15 is 0 Å². The van der Waals surface area contributed by atoms with E-state index in [1.54, 1.807) is 7.11 Å². The molecule has 5 nitrogen and oxygen atoms in total. The van der Waals surface area contributed by atoms with Crippen molar-refractivity contribution in [2.45, 2.75) is 25.8 Å². The Labute approximate surface area is 107 Å². The summed E-state index contributed by atoms with van der Waals surface area (Å²) < 4.78 is 10.5. The highest BCUT2D eigenvalue weighted by atomic mass is 16.5. The van der Waals surface area contributed by atoms with Crippen LogP contribution in [0.15, 0.2) is 12.1 Å². The van der Waals surface area contributed by atoms with Gasteiger partial charge in [-0.2, -0.15) is 0 Å². The highest BCUT2D eigenvalue weighted by Gasteiger charge is 2.19. The van der Waals surface area contributed by atoms with Crippen LogP contribution < -0.4 is 15.2 Å². The minimum absolute atomic E-state index is 0.146. The largest absolute Gasteiger partial charge is 0.493 e. The van der Waals surface area contributed by atoms with Gasteiger partial charge in [-0.25, -0.2) is 0 Å². The molecule has 0 saturated heterocycles. The molecule has 0 amide bonds. The molecule has 5 heteroatoms. The number of benzene rings is 1. The molecule has 1 rings (SSSR count). The Morgan fingerprint density at radius 1 is 1.39 bits per heavy atom. The fourth-order valence-corrected chi connectivity index (χ4v) is 1.83. The van der Waals surface area contributed by atoms with E-state index in [9.17, 15) is 4.79 Å². The number of nitrogens with two attached hydrogens (primary N) is 1. The molecule has 1 aromatic carbocycles. The highest BCUT2D eigenvalue weighted by molar-refractivity contribution is 5.68. The van der Waals surface area contributed by atoms with Gasteiger partial charge in [0.05, 0.1) is 20.6 Å². The summed E-state index contributed by atoms with van der Waals surface area (Å²) in [5, 5.41) is 8.81.